The van der Waals surface area contributed by atoms with E-state index in [1.807, 2.05) is 12.2 Å². The van der Waals surface area contributed by atoms with Crippen molar-refractivity contribution in [1.29, 1.82) is 0 Å². The van der Waals surface area contributed by atoms with Gasteiger partial charge in [-0.2, -0.15) is 0 Å². The van der Waals surface area contributed by atoms with Gasteiger partial charge in [0.05, 0.1) is 6.10 Å². The highest BCUT2D eigenvalue weighted by Crippen LogP contribution is 2.26. The van der Waals surface area contributed by atoms with Gasteiger partial charge in [-0.05, 0) is 38.5 Å². The minimum absolute atomic E-state index is 0.289. The maximum Gasteiger partial charge on any atom is 0.0726 e. The summed E-state index contributed by atoms with van der Waals surface area (Å²) in [5, 5.41) is 9.80. The molecule has 1 nitrogen and oxygen atoms in total. The summed E-state index contributed by atoms with van der Waals surface area (Å²) in [6, 6.07) is 0. The van der Waals surface area contributed by atoms with Crippen molar-refractivity contribution >= 4 is 0 Å². The summed E-state index contributed by atoms with van der Waals surface area (Å²) in [7, 11) is 0. The molecule has 1 N–H and O–H groups in total. The Morgan fingerprint density at radius 1 is 1.38 bits per heavy atom. The molecule has 0 saturated heterocycles. The van der Waals surface area contributed by atoms with Crippen LogP contribution in [-0.2, 0) is 0 Å². The lowest BCUT2D eigenvalue weighted by molar-refractivity contribution is 0.197. The first-order valence-corrected chi connectivity index (χ1v) is 6.34. The Labute approximate surface area is 99.6 Å². The van der Waals surface area contributed by atoms with E-state index in [-0.39, 0.29) is 6.10 Å². The van der Waals surface area contributed by atoms with Crippen LogP contribution < -0.4 is 0 Å². The molecule has 0 aliphatic heterocycles. The zero-order valence-electron chi connectivity index (χ0n) is 10.7. The van der Waals surface area contributed by atoms with Crippen molar-refractivity contribution in [1.82, 2.24) is 0 Å². The Morgan fingerprint density at radius 3 is 2.69 bits per heavy atom. The zero-order chi connectivity index (χ0) is 12.0. The van der Waals surface area contributed by atoms with Gasteiger partial charge in [0, 0.05) is 0 Å². The molecule has 1 heteroatoms. The van der Waals surface area contributed by atoms with Gasteiger partial charge in [0.2, 0.25) is 0 Å². The lowest BCUT2D eigenvalue weighted by Gasteiger charge is -2.20. The number of hydrogen-bond donors (Lipinski definition) is 1. The number of rotatable bonds is 5. The number of allylic oxidation sites excluding steroid dienone is 5. The normalized spacial score (nSPS) is 20.5. The fourth-order valence-electron chi connectivity index (χ4n) is 2.05. The van der Waals surface area contributed by atoms with E-state index in [0.29, 0.717) is 5.92 Å². The molecule has 1 aliphatic rings. The quantitative estimate of drug-likeness (QED) is 0.694. The van der Waals surface area contributed by atoms with E-state index in [1.54, 1.807) is 0 Å². The van der Waals surface area contributed by atoms with Gasteiger partial charge in [0.1, 0.15) is 0 Å². The Balaban J connectivity index is 2.46. The molecule has 0 amide bonds. The van der Waals surface area contributed by atoms with Crippen LogP contribution in [0.1, 0.15) is 46.5 Å². The smallest absolute Gasteiger partial charge is 0.0726 e. The van der Waals surface area contributed by atoms with E-state index in [0.717, 1.165) is 19.3 Å². The van der Waals surface area contributed by atoms with E-state index in [1.165, 1.54) is 17.6 Å². The molecular formula is C15H24O. The monoisotopic (exact) mass is 220 g/mol. The molecule has 0 bridgehead atoms. The molecule has 1 rings (SSSR count). The summed E-state index contributed by atoms with van der Waals surface area (Å²) in [6.45, 7) is 6.48. The zero-order valence-corrected chi connectivity index (χ0v) is 10.7. The molecule has 0 radical (unpaired) electrons. The van der Waals surface area contributed by atoms with E-state index < -0.39 is 0 Å². The minimum atomic E-state index is -0.289. The summed E-state index contributed by atoms with van der Waals surface area (Å²) in [5.74, 6) is 0.487. The Kier molecular flexibility index (Phi) is 5.54. The number of aliphatic hydroxyl groups is 1. The SMILES string of the molecule is CCC=CC(O)CC(C)C1=CC=C(C)CC1. The van der Waals surface area contributed by atoms with E-state index in [2.05, 4.69) is 32.9 Å². The van der Waals surface area contributed by atoms with Crippen LogP contribution in [0.4, 0.5) is 0 Å². The third kappa shape index (κ3) is 4.36. The average Bonchev–Trinajstić information content (AvgIpc) is 2.27. The summed E-state index contributed by atoms with van der Waals surface area (Å²) in [6.07, 6.45) is 12.3. The molecule has 0 aromatic carbocycles. The Bertz CT molecular complexity index is 297. The van der Waals surface area contributed by atoms with Gasteiger partial charge in [0.15, 0.2) is 0 Å². The second-order valence-corrected chi connectivity index (χ2v) is 4.80. The third-order valence-corrected chi connectivity index (χ3v) is 3.21. The molecule has 0 saturated carbocycles. The molecule has 0 spiro atoms. The van der Waals surface area contributed by atoms with E-state index >= 15 is 0 Å². The lowest BCUT2D eigenvalue weighted by atomic mass is 9.87. The van der Waals surface area contributed by atoms with Crippen LogP contribution >= 0.6 is 0 Å². The van der Waals surface area contributed by atoms with Gasteiger partial charge >= 0.3 is 0 Å². The maximum atomic E-state index is 9.80. The van der Waals surface area contributed by atoms with Crippen molar-refractivity contribution in [3.8, 4) is 0 Å². The average molecular weight is 220 g/mol. The molecule has 90 valence electrons. The second-order valence-electron chi connectivity index (χ2n) is 4.80. The fourth-order valence-corrected chi connectivity index (χ4v) is 2.05. The first-order valence-electron chi connectivity index (χ1n) is 6.34. The van der Waals surface area contributed by atoms with Crippen molar-refractivity contribution in [3.63, 3.8) is 0 Å². The van der Waals surface area contributed by atoms with Crippen LogP contribution in [0.2, 0.25) is 0 Å². The molecule has 0 fully saturated rings. The molecule has 16 heavy (non-hydrogen) atoms. The van der Waals surface area contributed by atoms with Gasteiger partial charge in [-0.3, -0.25) is 0 Å². The summed E-state index contributed by atoms with van der Waals surface area (Å²) in [5.41, 5.74) is 2.94. The highest BCUT2D eigenvalue weighted by molar-refractivity contribution is 5.24. The van der Waals surface area contributed by atoms with Gasteiger partial charge in [-0.15, -0.1) is 0 Å². The van der Waals surface area contributed by atoms with Gasteiger partial charge < -0.3 is 5.11 Å². The van der Waals surface area contributed by atoms with Gasteiger partial charge in [-0.1, -0.05) is 49.3 Å². The highest BCUT2D eigenvalue weighted by atomic mass is 16.3. The van der Waals surface area contributed by atoms with Crippen LogP contribution in [0.5, 0.6) is 0 Å². The van der Waals surface area contributed by atoms with Crippen molar-refractivity contribution in [2.75, 3.05) is 0 Å². The van der Waals surface area contributed by atoms with Crippen LogP contribution in [0, 0.1) is 5.92 Å². The lowest BCUT2D eigenvalue weighted by Crippen LogP contribution is -2.11. The predicted molar refractivity (Wildman–Crippen MR) is 70.3 cm³/mol. The predicted octanol–water partition coefficient (Wildman–Crippen LogP) is 4.01. The standard InChI is InChI=1S/C15H24O/c1-4-5-6-15(16)11-13(3)14-9-7-12(2)8-10-14/h5-7,9,13,15-16H,4,8,10-11H2,1-3H3. The molecule has 0 aromatic rings. The topological polar surface area (TPSA) is 20.2 Å². The number of hydrogen-bond acceptors (Lipinski definition) is 1. The number of aliphatic hydroxyl groups excluding tert-OH is 1. The van der Waals surface area contributed by atoms with E-state index in [9.17, 15) is 5.11 Å². The largest absolute Gasteiger partial charge is 0.389 e. The van der Waals surface area contributed by atoms with Crippen molar-refractivity contribution in [2.24, 2.45) is 5.92 Å². The van der Waals surface area contributed by atoms with Gasteiger partial charge in [0.25, 0.3) is 0 Å². The molecule has 1 aliphatic carbocycles. The van der Waals surface area contributed by atoms with Crippen molar-refractivity contribution < 1.29 is 5.11 Å². The van der Waals surface area contributed by atoms with Crippen LogP contribution in [0.15, 0.2) is 35.5 Å². The third-order valence-electron chi connectivity index (χ3n) is 3.21. The molecule has 2 unspecified atom stereocenters. The van der Waals surface area contributed by atoms with Gasteiger partial charge in [-0.25, -0.2) is 0 Å². The molecule has 2 atom stereocenters. The summed E-state index contributed by atoms with van der Waals surface area (Å²) < 4.78 is 0. The highest BCUT2D eigenvalue weighted by Gasteiger charge is 2.14. The van der Waals surface area contributed by atoms with Crippen LogP contribution in [0.25, 0.3) is 0 Å². The Hall–Kier alpha value is -0.820. The fraction of sp³-hybridized carbons (Fsp3) is 0.600. The Morgan fingerprint density at radius 2 is 2.12 bits per heavy atom. The van der Waals surface area contributed by atoms with E-state index in [4.69, 9.17) is 0 Å². The van der Waals surface area contributed by atoms with Crippen LogP contribution in [0.3, 0.4) is 0 Å². The van der Waals surface area contributed by atoms with Crippen LogP contribution in [-0.4, -0.2) is 11.2 Å². The maximum absolute atomic E-state index is 9.80. The van der Waals surface area contributed by atoms with Crippen molar-refractivity contribution in [2.45, 2.75) is 52.6 Å². The molecule has 0 heterocycles. The molecular weight excluding hydrogens is 196 g/mol. The minimum Gasteiger partial charge on any atom is -0.389 e. The second kappa shape index (κ2) is 6.70. The summed E-state index contributed by atoms with van der Waals surface area (Å²) >= 11 is 0. The first kappa shape index (κ1) is 13.2. The molecule has 0 aromatic heterocycles. The summed E-state index contributed by atoms with van der Waals surface area (Å²) in [4.78, 5) is 0. The van der Waals surface area contributed by atoms with Crippen molar-refractivity contribution in [3.05, 3.63) is 35.5 Å². The first-order chi connectivity index (χ1) is 7.63.